The first-order valence-electron chi connectivity index (χ1n) is 8.01. The van der Waals surface area contributed by atoms with Crippen molar-refractivity contribution in [1.29, 1.82) is 0 Å². The topological polar surface area (TPSA) is 50.7 Å². The molecule has 0 radical (unpaired) electrons. The molecule has 0 unspecified atom stereocenters. The van der Waals surface area contributed by atoms with Gasteiger partial charge in [-0.15, -0.1) is 0 Å². The first kappa shape index (κ1) is 17.8. The second-order valence-electron chi connectivity index (χ2n) is 4.98. The molecule has 0 saturated carbocycles. The summed E-state index contributed by atoms with van der Waals surface area (Å²) in [4.78, 5) is 0. The van der Waals surface area contributed by atoms with Gasteiger partial charge in [-0.05, 0) is 50.4 Å². The van der Waals surface area contributed by atoms with E-state index < -0.39 is 0 Å². The van der Waals surface area contributed by atoms with E-state index in [1.54, 1.807) is 0 Å². The van der Waals surface area contributed by atoms with Gasteiger partial charge in [-0.1, -0.05) is 19.4 Å². The molecule has 1 aromatic carbocycles. The highest BCUT2D eigenvalue weighted by Gasteiger charge is 2.06. The summed E-state index contributed by atoms with van der Waals surface area (Å²) in [6.07, 6.45) is 4.02. The Balaban J connectivity index is 2.47. The smallest absolute Gasteiger partial charge is 0.161 e. The van der Waals surface area contributed by atoms with Gasteiger partial charge in [0.25, 0.3) is 0 Å². The molecule has 0 atom stereocenters. The Hall–Kier alpha value is -1.26. The van der Waals surface area contributed by atoms with Gasteiger partial charge in [0, 0.05) is 13.2 Å². The van der Waals surface area contributed by atoms with Crippen molar-refractivity contribution in [3.05, 3.63) is 23.8 Å². The molecule has 0 heterocycles. The van der Waals surface area contributed by atoms with Gasteiger partial charge in [0.1, 0.15) is 0 Å². The van der Waals surface area contributed by atoms with E-state index in [-0.39, 0.29) is 6.61 Å². The minimum Gasteiger partial charge on any atom is -0.490 e. The van der Waals surface area contributed by atoms with Crippen LogP contribution < -0.4 is 14.8 Å². The average molecular weight is 295 g/mol. The summed E-state index contributed by atoms with van der Waals surface area (Å²) >= 11 is 0. The second-order valence-corrected chi connectivity index (χ2v) is 4.98. The maximum atomic E-state index is 8.73. The molecule has 0 amide bonds. The van der Waals surface area contributed by atoms with Crippen molar-refractivity contribution < 1.29 is 14.6 Å². The number of benzene rings is 1. The number of hydrogen-bond acceptors (Lipinski definition) is 4. The lowest BCUT2D eigenvalue weighted by atomic mass is 10.2. The van der Waals surface area contributed by atoms with E-state index in [1.807, 2.05) is 19.1 Å². The summed E-state index contributed by atoms with van der Waals surface area (Å²) in [6.45, 7) is 7.49. The highest BCUT2D eigenvalue weighted by molar-refractivity contribution is 5.43. The Morgan fingerprint density at radius 2 is 1.81 bits per heavy atom. The van der Waals surface area contributed by atoms with Crippen LogP contribution in [0.3, 0.4) is 0 Å². The monoisotopic (exact) mass is 295 g/mol. The molecule has 21 heavy (non-hydrogen) atoms. The Morgan fingerprint density at radius 3 is 2.52 bits per heavy atom. The van der Waals surface area contributed by atoms with Crippen LogP contribution in [-0.4, -0.2) is 31.5 Å². The zero-order valence-corrected chi connectivity index (χ0v) is 13.4. The van der Waals surface area contributed by atoms with Crippen LogP contribution in [0.2, 0.25) is 0 Å². The van der Waals surface area contributed by atoms with Crippen LogP contribution >= 0.6 is 0 Å². The van der Waals surface area contributed by atoms with E-state index >= 15 is 0 Å². The van der Waals surface area contributed by atoms with Crippen LogP contribution in [0.25, 0.3) is 0 Å². The Bertz CT molecular complexity index is 382. The normalized spacial score (nSPS) is 10.6. The van der Waals surface area contributed by atoms with Gasteiger partial charge in [0.05, 0.1) is 13.2 Å². The number of aliphatic hydroxyl groups excluding tert-OH is 1. The van der Waals surface area contributed by atoms with Crippen LogP contribution in [0, 0.1) is 0 Å². The van der Waals surface area contributed by atoms with Crippen LogP contribution in [0.1, 0.15) is 45.1 Å². The number of nitrogens with one attached hydrogen (secondary N) is 1. The Kier molecular flexibility index (Phi) is 9.66. The number of rotatable bonds is 12. The molecule has 2 N–H and O–H groups in total. The number of unbranched alkanes of at least 4 members (excludes halogenated alkanes) is 3. The Morgan fingerprint density at radius 1 is 1.00 bits per heavy atom. The van der Waals surface area contributed by atoms with Crippen molar-refractivity contribution in [2.75, 3.05) is 26.4 Å². The number of ether oxygens (including phenoxy) is 2. The fourth-order valence-corrected chi connectivity index (χ4v) is 2.07. The standard InChI is InChI=1S/C17H29NO3/c1-3-18-14-15-9-10-16(17(13-15)20-4-2)21-12-8-6-5-7-11-19/h9-10,13,18-19H,3-8,11-12,14H2,1-2H3. The molecule has 0 aromatic heterocycles. The van der Waals surface area contributed by atoms with Gasteiger partial charge in [-0.25, -0.2) is 0 Å². The molecule has 0 aliphatic heterocycles. The molecule has 4 nitrogen and oxygen atoms in total. The molecule has 0 bridgehead atoms. The molecule has 0 aliphatic carbocycles. The van der Waals surface area contributed by atoms with E-state index in [2.05, 4.69) is 18.3 Å². The Labute approximate surface area is 128 Å². The van der Waals surface area contributed by atoms with Crippen LogP contribution in [0.4, 0.5) is 0 Å². The molecule has 0 aliphatic rings. The first-order chi connectivity index (χ1) is 10.3. The molecule has 0 spiro atoms. The number of hydrogen-bond donors (Lipinski definition) is 2. The molecular formula is C17H29NO3. The van der Waals surface area contributed by atoms with Gasteiger partial charge in [0.15, 0.2) is 11.5 Å². The van der Waals surface area contributed by atoms with Crippen LogP contribution in [-0.2, 0) is 6.54 Å². The highest BCUT2D eigenvalue weighted by atomic mass is 16.5. The largest absolute Gasteiger partial charge is 0.490 e. The summed E-state index contributed by atoms with van der Waals surface area (Å²) in [7, 11) is 0. The third kappa shape index (κ3) is 7.34. The van der Waals surface area contributed by atoms with E-state index in [9.17, 15) is 0 Å². The molecule has 4 heteroatoms. The third-order valence-electron chi connectivity index (χ3n) is 3.20. The average Bonchev–Trinajstić information content (AvgIpc) is 2.50. The quantitative estimate of drug-likeness (QED) is 0.582. The fraction of sp³-hybridized carbons (Fsp3) is 0.647. The minimum absolute atomic E-state index is 0.280. The molecule has 1 aromatic rings. The van der Waals surface area contributed by atoms with Crippen molar-refractivity contribution in [2.45, 2.75) is 46.1 Å². The highest BCUT2D eigenvalue weighted by Crippen LogP contribution is 2.28. The summed E-state index contributed by atoms with van der Waals surface area (Å²) in [5.74, 6) is 1.64. The van der Waals surface area contributed by atoms with Crippen molar-refractivity contribution in [3.63, 3.8) is 0 Å². The van der Waals surface area contributed by atoms with Crippen molar-refractivity contribution in [1.82, 2.24) is 5.32 Å². The summed E-state index contributed by atoms with van der Waals surface area (Å²) in [5.41, 5.74) is 1.20. The van der Waals surface area contributed by atoms with Crippen molar-refractivity contribution >= 4 is 0 Å². The first-order valence-corrected chi connectivity index (χ1v) is 8.01. The van der Waals surface area contributed by atoms with Crippen LogP contribution in [0.5, 0.6) is 11.5 Å². The summed E-state index contributed by atoms with van der Waals surface area (Å²) in [6, 6.07) is 6.12. The lowest BCUT2D eigenvalue weighted by Gasteiger charge is -2.13. The maximum Gasteiger partial charge on any atom is 0.161 e. The van der Waals surface area contributed by atoms with Gasteiger partial charge >= 0.3 is 0 Å². The van der Waals surface area contributed by atoms with Crippen LogP contribution in [0.15, 0.2) is 18.2 Å². The van der Waals surface area contributed by atoms with Gasteiger partial charge in [-0.2, -0.15) is 0 Å². The van der Waals surface area contributed by atoms with Gasteiger partial charge in [-0.3, -0.25) is 0 Å². The molecular weight excluding hydrogens is 266 g/mol. The summed E-state index contributed by atoms with van der Waals surface area (Å²) in [5, 5.41) is 12.0. The number of aliphatic hydroxyl groups is 1. The van der Waals surface area contributed by atoms with E-state index in [0.29, 0.717) is 13.2 Å². The van der Waals surface area contributed by atoms with E-state index in [1.165, 1.54) is 5.56 Å². The lowest BCUT2D eigenvalue weighted by molar-refractivity contribution is 0.262. The second kappa shape index (κ2) is 11.4. The zero-order chi connectivity index (χ0) is 15.3. The predicted octanol–water partition coefficient (Wildman–Crippen LogP) is 3.13. The van der Waals surface area contributed by atoms with Crippen molar-refractivity contribution in [3.8, 4) is 11.5 Å². The molecule has 0 saturated heterocycles. The molecule has 1 rings (SSSR count). The SMILES string of the molecule is CCNCc1ccc(OCCCCCCO)c(OCC)c1. The van der Waals surface area contributed by atoms with E-state index in [0.717, 1.165) is 50.3 Å². The zero-order valence-electron chi connectivity index (χ0n) is 13.4. The van der Waals surface area contributed by atoms with E-state index in [4.69, 9.17) is 14.6 Å². The maximum absolute atomic E-state index is 8.73. The molecule has 120 valence electrons. The predicted molar refractivity (Wildman–Crippen MR) is 86.0 cm³/mol. The summed E-state index contributed by atoms with van der Waals surface area (Å²) < 4.78 is 11.5. The minimum atomic E-state index is 0.280. The third-order valence-corrected chi connectivity index (χ3v) is 3.20. The molecule has 0 fully saturated rings. The van der Waals surface area contributed by atoms with Gasteiger partial charge in [0.2, 0.25) is 0 Å². The van der Waals surface area contributed by atoms with Crippen molar-refractivity contribution in [2.24, 2.45) is 0 Å². The fourth-order valence-electron chi connectivity index (χ4n) is 2.07. The van der Waals surface area contributed by atoms with Gasteiger partial charge < -0.3 is 19.9 Å². The lowest BCUT2D eigenvalue weighted by Crippen LogP contribution is -2.12.